The Kier molecular flexibility index (Phi) is 10.5. The number of hydrogen-bond donors (Lipinski definition) is 2. The number of carbonyl (C=O) groups is 2. The lowest BCUT2D eigenvalue weighted by Gasteiger charge is -2.15. The summed E-state index contributed by atoms with van der Waals surface area (Å²) in [6.45, 7) is 8.25. The summed E-state index contributed by atoms with van der Waals surface area (Å²) >= 11 is 3.47. The first-order valence-electron chi connectivity index (χ1n) is 12.4. The van der Waals surface area contributed by atoms with Crippen LogP contribution in [0.25, 0.3) is 6.08 Å². The van der Waals surface area contributed by atoms with E-state index in [-0.39, 0.29) is 18.1 Å². The fraction of sp³-hybridized carbons (Fsp3) is 0.233. The molecule has 0 atom stereocenters. The summed E-state index contributed by atoms with van der Waals surface area (Å²) in [5.41, 5.74) is 3.75. The second kappa shape index (κ2) is 14.0. The normalized spacial score (nSPS) is 10.8. The lowest BCUT2D eigenvalue weighted by atomic mass is 10.1. The molecule has 8 nitrogen and oxygen atoms in total. The number of nitriles is 1. The molecule has 3 aromatic carbocycles. The van der Waals surface area contributed by atoms with Gasteiger partial charge in [-0.2, -0.15) is 5.26 Å². The second-order valence-corrected chi connectivity index (χ2v) is 9.35. The van der Waals surface area contributed by atoms with Gasteiger partial charge in [0, 0.05) is 11.4 Å². The number of benzene rings is 3. The molecule has 202 valence electrons. The molecule has 0 aromatic heterocycles. The molecule has 9 heteroatoms. The molecule has 0 heterocycles. The van der Waals surface area contributed by atoms with E-state index in [0.29, 0.717) is 51.9 Å². The first-order valence-corrected chi connectivity index (χ1v) is 13.2. The Morgan fingerprint density at radius 2 is 1.67 bits per heavy atom. The van der Waals surface area contributed by atoms with Gasteiger partial charge in [0.05, 0.1) is 17.7 Å². The summed E-state index contributed by atoms with van der Waals surface area (Å²) in [5, 5.41) is 15.2. The minimum absolute atomic E-state index is 0.0975. The molecule has 0 aliphatic heterocycles. The molecule has 0 aliphatic rings. The van der Waals surface area contributed by atoms with Gasteiger partial charge in [0.2, 0.25) is 0 Å². The highest BCUT2D eigenvalue weighted by molar-refractivity contribution is 9.10. The van der Waals surface area contributed by atoms with Crippen molar-refractivity contribution >= 4 is 45.2 Å². The van der Waals surface area contributed by atoms with Crippen molar-refractivity contribution in [2.75, 3.05) is 30.5 Å². The zero-order valence-corrected chi connectivity index (χ0v) is 23.8. The standard InChI is InChI=1S/C30H30BrN3O5/c1-5-37-24-10-8-23(9-11-24)33-30(36)22(17-32)14-21-15-25(31)29(27(16-21)38-6-2)39-18-28(35)34-26-12-7-19(3)13-20(26)4/h7-16H,5-6,18H2,1-4H3,(H,33,36)(H,34,35)/b22-14+. The summed E-state index contributed by atoms with van der Waals surface area (Å²) in [6.07, 6.45) is 1.45. The van der Waals surface area contributed by atoms with Gasteiger partial charge in [0.1, 0.15) is 17.4 Å². The van der Waals surface area contributed by atoms with Gasteiger partial charge in [-0.3, -0.25) is 9.59 Å². The fourth-order valence-corrected chi connectivity index (χ4v) is 4.24. The zero-order valence-electron chi connectivity index (χ0n) is 22.3. The Morgan fingerprint density at radius 3 is 2.31 bits per heavy atom. The average Bonchev–Trinajstić information content (AvgIpc) is 2.90. The van der Waals surface area contributed by atoms with Crippen molar-refractivity contribution in [3.05, 3.63) is 81.3 Å². The Hall–Kier alpha value is -4.29. The topological polar surface area (TPSA) is 110 Å². The third-order valence-corrected chi connectivity index (χ3v) is 6.02. The number of anilines is 2. The van der Waals surface area contributed by atoms with E-state index in [1.807, 2.05) is 52.0 Å². The molecule has 39 heavy (non-hydrogen) atoms. The van der Waals surface area contributed by atoms with E-state index in [1.54, 1.807) is 36.4 Å². The van der Waals surface area contributed by atoms with E-state index < -0.39 is 5.91 Å². The van der Waals surface area contributed by atoms with Crippen molar-refractivity contribution < 1.29 is 23.8 Å². The number of aryl methyl sites for hydroxylation is 2. The quantitative estimate of drug-likeness (QED) is 0.196. The van der Waals surface area contributed by atoms with Gasteiger partial charge in [-0.05, 0) is 103 Å². The second-order valence-electron chi connectivity index (χ2n) is 8.50. The van der Waals surface area contributed by atoms with Crippen LogP contribution < -0.4 is 24.8 Å². The van der Waals surface area contributed by atoms with Crippen molar-refractivity contribution in [3.63, 3.8) is 0 Å². The molecule has 0 spiro atoms. The number of nitrogens with one attached hydrogen (secondary N) is 2. The number of nitrogens with zero attached hydrogens (tertiary/aromatic N) is 1. The van der Waals surface area contributed by atoms with Crippen molar-refractivity contribution in [2.45, 2.75) is 27.7 Å². The van der Waals surface area contributed by atoms with Crippen molar-refractivity contribution in [2.24, 2.45) is 0 Å². The van der Waals surface area contributed by atoms with Gasteiger partial charge >= 0.3 is 0 Å². The molecule has 3 aromatic rings. The van der Waals surface area contributed by atoms with Gasteiger partial charge in [-0.1, -0.05) is 17.7 Å². The summed E-state index contributed by atoms with van der Waals surface area (Å²) < 4.78 is 17.4. The van der Waals surface area contributed by atoms with Crippen LogP contribution in [0.5, 0.6) is 17.2 Å². The number of halogens is 1. The van der Waals surface area contributed by atoms with E-state index in [1.165, 1.54) is 6.08 Å². The molecule has 0 unspecified atom stereocenters. The Bertz CT molecular complexity index is 1410. The van der Waals surface area contributed by atoms with E-state index in [2.05, 4.69) is 26.6 Å². The predicted octanol–water partition coefficient (Wildman–Crippen LogP) is 6.43. The van der Waals surface area contributed by atoms with Gasteiger partial charge in [-0.15, -0.1) is 0 Å². The van der Waals surface area contributed by atoms with Gasteiger partial charge in [-0.25, -0.2) is 0 Å². The SMILES string of the molecule is CCOc1ccc(NC(=O)/C(C#N)=C/c2cc(Br)c(OCC(=O)Nc3ccc(C)cc3C)c(OCC)c2)cc1. The summed E-state index contributed by atoms with van der Waals surface area (Å²) in [6, 6.07) is 17.9. The van der Waals surface area contributed by atoms with Crippen LogP contribution in [0.4, 0.5) is 11.4 Å². The summed E-state index contributed by atoms with van der Waals surface area (Å²) in [7, 11) is 0. The van der Waals surface area contributed by atoms with Crippen LogP contribution in [0.15, 0.2) is 64.6 Å². The molecule has 3 rings (SSSR count). The maximum absolute atomic E-state index is 12.7. The van der Waals surface area contributed by atoms with Crippen LogP contribution in [0.3, 0.4) is 0 Å². The fourth-order valence-electron chi connectivity index (χ4n) is 3.67. The molecule has 0 aliphatic carbocycles. The Morgan fingerprint density at radius 1 is 0.949 bits per heavy atom. The minimum atomic E-state index is -0.556. The van der Waals surface area contributed by atoms with Gasteiger partial charge < -0.3 is 24.8 Å². The maximum Gasteiger partial charge on any atom is 0.266 e. The number of rotatable bonds is 11. The van der Waals surface area contributed by atoms with Gasteiger partial charge in [0.25, 0.3) is 11.8 Å². The van der Waals surface area contributed by atoms with E-state index in [4.69, 9.17) is 14.2 Å². The number of hydrogen-bond acceptors (Lipinski definition) is 6. The monoisotopic (exact) mass is 591 g/mol. The van der Waals surface area contributed by atoms with Crippen molar-refractivity contribution in [3.8, 4) is 23.3 Å². The van der Waals surface area contributed by atoms with Crippen molar-refractivity contribution in [1.82, 2.24) is 0 Å². The molecule has 0 saturated heterocycles. The lowest BCUT2D eigenvalue weighted by molar-refractivity contribution is -0.118. The van der Waals surface area contributed by atoms with E-state index >= 15 is 0 Å². The van der Waals surface area contributed by atoms with Crippen LogP contribution in [-0.2, 0) is 9.59 Å². The molecule has 0 radical (unpaired) electrons. The van der Waals surface area contributed by atoms with Crippen LogP contribution in [0, 0.1) is 25.2 Å². The first-order chi connectivity index (χ1) is 18.7. The van der Waals surface area contributed by atoms with Gasteiger partial charge in [0.15, 0.2) is 18.1 Å². The average molecular weight is 592 g/mol. The molecule has 0 bridgehead atoms. The zero-order chi connectivity index (χ0) is 28.4. The van der Waals surface area contributed by atoms with Crippen LogP contribution >= 0.6 is 15.9 Å². The van der Waals surface area contributed by atoms with Crippen LogP contribution in [0.2, 0.25) is 0 Å². The number of amides is 2. The first kappa shape index (κ1) is 29.3. The molecular formula is C30H30BrN3O5. The summed E-state index contributed by atoms with van der Waals surface area (Å²) in [5.74, 6) is 0.505. The molecule has 2 N–H and O–H groups in total. The molecule has 0 fully saturated rings. The minimum Gasteiger partial charge on any atom is -0.494 e. The van der Waals surface area contributed by atoms with Crippen molar-refractivity contribution in [1.29, 1.82) is 5.26 Å². The highest BCUT2D eigenvalue weighted by Crippen LogP contribution is 2.37. The smallest absolute Gasteiger partial charge is 0.266 e. The Balaban J connectivity index is 1.75. The number of ether oxygens (including phenoxy) is 3. The predicted molar refractivity (Wildman–Crippen MR) is 155 cm³/mol. The van der Waals surface area contributed by atoms with E-state index in [9.17, 15) is 14.9 Å². The highest BCUT2D eigenvalue weighted by atomic mass is 79.9. The molecular weight excluding hydrogens is 562 g/mol. The largest absolute Gasteiger partial charge is 0.494 e. The highest BCUT2D eigenvalue weighted by Gasteiger charge is 2.16. The summed E-state index contributed by atoms with van der Waals surface area (Å²) in [4.78, 5) is 25.3. The third-order valence-electron chi connectivity index (χ3n) is 5.43. The Labute approximate surface area is 236 Å². The number of carbonyl (C=O) groups excluding carboxylic acids is 2. The van der Waals surface area contributed by atoms with E-state index in [0.717, 1.165) is 11.1 Å². The third kappa shape index (κ3) is 8.35. The molecule has 0 saturated carbocycles. The van der Waals surface area contributed by atoms with Crippen LogP contribution in [-0.4, -0.2) is 31.6 Å². The maximum atomic E-state index is 12.7. The lowest BCUT2D eigenvalue weighted by Crippen LogP contribution is -2.21. The molecule has 2 amide bonds. The van der Waals surface area contributed by atoms with Crippen LogP contribution in [0.1, 0.15) is 30.5 Å².